The quantitative estimate of drug-likeness (QED) is 0.553. The average molecular weight is 371 g/mol. The summed E-state index contributed by atoms with van der Waals surface area (Å²) in [5.41, 5.74) is 0.800. The van der Waals surface area contributed by atoms with E-state index in [2.05, 4.69) is 10.3 Å². The minimum atomic E-state index is -0.435. The van der Waals surface area contributed by atoms with Gasteiger partial charge in [0.1, 0.15) is 5.82 Å². The standard InChI is InChI=1S/C19H18FN3O2S/c1-3-21-17(24)12(2)26-19-22-16-7-5-4-6-15(16)18(25)23(19)14-10-8-13(20)9-11-14/h4-12H,3H2,1-2H3,(H,21,24)/t12-/m1/s1. The molecule has 0 bridgehead atoms. The molecule has 0 aliphatic rings. The summed E-state index contributed by atoms with van der Waals surface area (Å²) in [5.74, 6) is -0.522. The van der Waals surface area contributed by atoms with Gasteiger partial charge in [0.2, 0.25) is 5.91 Å². The zero-order chi connectivity index (χ0) is 18.7. The number of carbonyl (C=O) groups is 1. The topological polar surface area (TPSA) is 64.0 Å². The summed E-state index contributed by atoms with van der Waals surface area (Å²) in [6.45, 7) is 4.13. The van der Waals surface area contributed by atoms with Gasteiger partial charge in [0.15, 0.2) is 5.16 Å². The Labute approximate surface area is 154 Å². The molecule has 1 amide bonds. The van der Waals surface area contributed by atoms with Crippen LogP contribution in [-0.2, 0) is 4.79 Å². The molecule has 1 aromatic heterocycles. The van der Waals surface area contributed by atoms with Crippen molar-refractivity contribution in [3.05, 3.63) is 64.7 Å². The van der Waals surface area contributed by atoms with E-state index in [1.807, 2.05) is 6.92 Å². The summed E-state index contributed by atoms with van der Waals surface area (Å²) in [7, 11) is 0. The first-order valence-corrected chi connectivity index (χ1v) is 9.11. The molecule has 1 atom stereocenters. The number of amides is 1. The molecule has 0 unspecified atom stereocenters. The Bertz CT molecular complexity index is 1000. The third-order valence-electron chi connectivity index (χ3n) is 3.83. The summed E-state index contributed by atoms with van der Waals surface area (Å²) in [5, 5.41) is 3.18. The van der Waals surface area contributed by atoms with Gasteiger partial charge in [-0.3, -0.25) is 14.2 Å². The van der Waals surface area contributed by atoms with Crippen LogP contribution >= 0.6 is 11.8 Å². The molecule has 0 aliphatic heterocycles. The Hall–Kier alpha value is -2.67. The van der Waals surface area contributed by atoms with Crippen LogP contribution in [0.5, 0.6) is 0 Å². The molecule has 26 heavy (non-hydrogen) atoms. The highest BCUT2D eigenvalue weighted by molar-refractivity contribution is 8.00. The molecule has 0 fully saturated rings. The van der Waals surface area contributed by atoms with Crippen molar-refractivity contribution in [2.75, 3.05) is 6.54 Å². The smallest absolute Gasteiger partial charge is 0.266 e. The lowest BCUT2D eigenvalue weighted by atomic mass is 10.2. The maximum Gasteiger partial charge on any atom is 0.266 e. The summed E-state index contributed by atoms with van der Waals surface area (Å²) in [6, 6.07) is 12.7. The van der Waals surface area contributed by atoms with Crippen molar-refractivity contribution in [1.29, 1.82) is 0 Å². The number of fused-ring (bicyclic) bond motifs is 1. The van der Waals surface area contributed by atoms with Crippen LogP contribution in [0.2, 0.25) is 0 Å². The molecule has 0 radical (unpaired) electrons. The number of halogens is 1. The molecule has 7 heteroatoms. The first-order valence-electron chi connectivity index (χ1n) is 8.23. The first-order chi connectivity index (χ1) is 12.5. The Morgan fingerprint density at radius 3 is 2.62 bits per heavy atom. The number of aromatic nitrogens is 2. The van der Waals surface area contributed by atoms with Gasteiger partial charge in [-0.2, -0.15) is 0 Å². The molecule has 134 valence electrons. The molecular weight excluding hydrogens is 353 g/mol. The summed E-state index contributed by atoms with van der Waals surface area (Å²) in [6.07, 6.45) is 0. The fraction of sp³-hybridized carbons (Fsp3) is 0.211. The minimum Gasteiger partial charge on any atom is -0.355 e. The number of nitrogens with zero attached hydrogens (tertiary/aromatic N) is 2. The molecule has 1 N–H and O–H groups in total. The highest BCUT2D eigenvalue weighted by Crippen LogP contribution is 2.25. The summed E-state index contributed by atoms with van der Waals surface area (Å²) in [4.78, 5) is 29.7. The van der Waals surface area contributed by atoms with E-state index in [0.717, 1.165) is 0 Å². The third kappa shape index (κ3) is 3.62. The Balaban J connectivity index is 2.16. The number of hydrogen-bond acceptors (Lipinski definition) is 4. The normalized spacial score (nSPS) is 12.1. The highest BCUT2D eigenvalue weighted by atomic mass is 32.2. The number of para-hydroxylation sites is 1. The molecule has 2 aromatic carbocycles. The van der Waals surface area contributed by atoms with E-state index in [-0.39, 0.29) is 17.3 Å². The summed E-state index contributed by atoms with van der Waals surface area (Å²) < 4.78 is 14.7. The molecule has 0 aliphatic carbocycles. The van der Waals surface area contributed by atoms with E-state index in [1.165, 1.54) is 40.6 Å². The van der Waals surface area contributed by atoms with Gasteiger partial charge in [-0.1, -0.05) is 23.9 Å². The van der Waals surface area contributed by atoms with Gasteiger partial charge in [0, 0.05) is 6.54 Å². The van der Waals surface area contributed by atoms with Crippen molar-refractivity contribution in [2.45, 2.75) is 24.3 Å². The van der Waals surface area contributed by atoms with Crippen LogP contribution in [0.3, 0.4) is 0 Å². The number of benzene rings is 2. The highest BCUT2D eigenvalue weighted by Gasteiger charge is 2.19. The van der Waals surface area contributed by atoms with Crippen molar-refractivity contribution >= 4 is 28.6 Å². The zero-order valence-electron chi connectivity index (χ0n) is 14.4. The molecule has 0 saturated carbocycles. The fourth-order valence-electron chi connectivity index (χ4n) is 2.54. The van der Waals surface area contributed by atoms with Crippen molar-refractivity contribution in [1.82, 2.24) is 14.9 Å². The molecule has 0 saturated heterocycles. The van der Waals surface area contributed by atoms with Crippen molar-refractivity contribution in [3.63, 3.8) is 0 Å². The number of hydrogen-bond donors (Lipinski definition) is 1. The van der Waals surface area contributed by atoms with E-state index in [0.29, 0.717) is 28.3 Å². The molecular formula is C19H18FN3O2S. The van der Waals surface area contributed by atoms with E-state index in [4.69, 9.17) is 0 Å². The number of thioether (sulfide) groups is 1. The maximum absolute atomic E-state index is 13.3. The number of nitrogens with one attached hydrogen (secondary N) is 1. The molecule has 3 aromatic rings. The van der Waals surface area contributed by atoms with Crippen LogP contribution in [0, 0.1) is 5.82 Å². The third-order valence-corrected chi connectivity index (χ3v) is 4.88. The van der Waals surface area contributed by atoms with Gasteiger partial charge in [-0.25, -0.2) is 9.37 Å². The second kappa shape index (κ2) is 7.70. The van der Waals surface area contributed by atoms with E-state index >= 15 is 0 Å². The molecule has 1 heterocycles. The number of carbonyl (C=O) groups excluding carboxylic acids is 1. The average Bonchev–Trinajstić information content (AvgIpc) is 2.63. The van der Waals surface area contributed by atoms with Crippen LogP contribution < -0.4 is 10.9 Å². The van der Waals surface area contributed by atoms with Crippen LogP contribution in [0.15, 0.2) is 58.5 Å². The SMILES string of the molecule is CCNC(=O)[C@@H](C)Sc1nc2ccccc2c(=O)n1-c1ccc(F)cc1. The predicted octanol–water partition coefficient (Wildman–Crippen LogP) is 3.14. The van der Waals surface area contributed by atoms with Gasteiger partial charge >= 0.3 is 0 Å². The van der Waals surface area contributed by atoms with Gasteiger partial charge in [-0.15, -0.1) is 0 Å². The fourth-order valence-corrected chi connectivity index (χ4v) is 3.49. The Kier molecular flexibility index (Phi) is 5.37. The predicted molar refractivity (Wildman–Crippen MR) is 101 cm³/mol. The Morgan fingerprint density at radius 1 is 1.23 bits per heavy atom. The van der Waals surface area contributed by atoms with Crippen molar-refractivity contribution in [2.24, 2.45) is 0 Å². The first kappa shape index (κ1) is 18.1. The second-order valence-corrected chi connectivity index (χ2v) is 6.99. The van der Waals surface area contributed by atoms with Crippen molar-refractivity contribution < 1.29 is 9.18 Å². The molecule has 3 rings (SSSR count). The Morgan fingerprint density at radius 2 is 1.92 bits per heavy atom. The van der Waals surface area contributed by atoms with E-state index in [1.54, 1.807) is 31.2 Å². The van der Waals surface area contributed by atoms with Crippen LogP contribution in [0.1, 0.15) is 13.8 Å². The maximum atomic E-state index is 13.3. The van der Waals surface area contributed by atoms with Crippen LogP contribution in [-0.4, -0.2) is 27.3 Å². The lowest BCUT2D eigenvalue weighted by molar-refractivity contribution is -0.120. The monoisotopic (exact) mass is 371 g/mol. The number of rotatable bonds is 5. The molecule has 5 nitrogen and oxygen atoms in total. The van der Waals surface area contributed by atoms with Gasteiger partial charge < -0.3 is 5.32 Å². The zero-order valence-corrected chi connectivity index (χ0v) is 15.2. The van der Waals surface area contributed by atoms with Gasteiger partial charge in [0.25, 0.3) is 5.56 Å². The summed E-state index contributed by atoms with van der Waals surface area (Å²) >= 11 is 1.19. The van der Waals surface area contributed by atoms with Crippen LogP contribution in [0.25, 0.3) is 16.6 Å². The van der Waals surface area contributed by atoms with E-state index < -0.39 is 5.25 Å². The van der Waals surface area contributed by atoms with Crippen LogP contribution in [0.4, 0.5) is 4.39 Å². The van der Waals surface area contributed by atoms with Gasteiger partial charge in [0.05, 0.1) is 21.8 Å². The second-order valence-electron chi connectivity index (χ2n) is 5.68. The lowest BCUT2D eigenvalue weighted by Crippen LogP contribution is -2.31. The van der Waals surface area contributed by atoms with E-state index in [9.17, 15) is 14.0 Å². The van der Waals surface area contributed by atoms with Crippen molar-refractivity contribution in [3.8, 4) is 5.69 Å². The lowest BCUT2D eigenvalue weighted by Gasteiger charge is -2.16. The largest absolute Gasteiger partial charge is 0.355 e. The van der Waals surface area contributed by atoms with Gasteiger partial charge in [-0.05, 0) is 50.2 Å². The molecule has 0 spiro atoms. The minimum absolute atomic E-state index is 0.134.